The van der Waals surface area contributed by atoms with Crippen LogP contribution in [0.1, 0.15) is 30.5 Å². The van der Waals surface area contributed by atoms with Crippen LogP contribution in [0.4, 0.5) is 17.1 Å². The molecule has 46 heavy (non-hydrogen) atoms. The van der Waals surface area contributed by atoms with Crippen molar-refractivity contribution in [3.05, 3.63) is 150 Å². The second kappa shape index (κ2) is 9.05. The van der Waals surface area contributed by atoms with Crippen LogP contribution in [0.5, 0.6) is 11.5 Å². The number of hydrogen-bond acceptors (Lipinski definition) is 2. The lowest BCUT2D eigenvalue weighted by Crippen LogP contribution is -2.58. The van der Waals surface area contributed by atoms with Gasteiger partial charge >= 0.3 is 0 Å². The Morgan fingerprint density at radius 2 is 1.35 bits per heavy atom. The van der Waals surface area contributed by atoms with Gasteiger partial charge in [0.25, 0.3) is 6.71 Å². The maximum Gasteiger partial charge on any atom is 0.256 e. The van der Waals surface area contributed by atoms with Crippen LogP contribution in [0.15, 0.2) is 133 Å². The third-order valence-electron chi connectivity index (χ3n) is 10.4. The van der Waals surface area contributed by atoms with E-state index in [0.717, 1.165) is 22.9 Å². The maximum atomic E-state index is 6.68. The topological polar surface area (TPSA) is 17.4 Å². The molecular weight excluding hydrogens is 559 g/mol. The molecular formula is C42H31BN2O. The fourth-order valence-corrected chi connectivity index (χ4v) is 8.61. The standard InChI is InChI=1S/C42H31BN2O/c1-26-24-34-39-36(25-26)46-35-21-13-12-20-31(35)43(39)32-22-23-33(44(27-14-6-4-7-15-27)28-16-8-5-9-17-28)37-38-40(45(34)41(32)37)29-18-10-11-19-30(29)42(38,2)3/h4-25H,1-3H3. The van der Waals surface area contributed by atoms with Gasteiger partial charge in [-0.15, -0.1) is 0 Å². The predicted molar refractivity (Wildman–Crippen MR) is 191 cm³/mol. The third-order valence-corrected chi connectivity index (χ3v) is 10.4. The van der Waals surface area contributed by atoms with Crippen LogP contribution >= 0.6 is 0 Å². The summed E-state index contributed by atoms with van der Waals surface area (Å²) in [5.74, 6) is 1.91. The fourth-order valence-electron chi connectivity index (χ4n) is 8.61. The number of hydrogen-bond donors (Lipinski definition) is 0. The van der Waals surface area contributed by atoms with Crippen LogP contribution < -0.4 is 26.0 Å². The molecule has 218 valence electrons. The lowest BCUT2D eigenvalue weighted by atomic mass is 9.34. The molecule has 2 aliphatic heterocycles. The molecule has 7 aromatic rings. The molecule has 0 saturated heterocycles. The van der Waals surface area contributed by atoms with Crippen LogP contribution in [0, 0.1) is 6.92 Å². The number of aromatic nitrogens is 1. The highest BCUT2D eigenvalue weighted by Gasteiger charge is 2.47. The average molecular weight is 591 g/mol. The summed E-state index contributed by atoms with van der Waals surface area (Å²) in [6, 6.07) is 48.5. The summed E-state index contributed by atoms with van der Waals surface area (Å²) in [5.41, 5.74) is 16.2. The first-order chi connectivity index (χ1) is 22.5. The lowest BCUT2D eigenvalue weighted by Gasteiger charge is -2.35. The Bertz CT molecular complexity index is 2350. The van der Waals surface area contributed by atoms with E-state index in [1.54, 1.807) is 0 Å². The van der Waals surface area contributed by atoms with E-state index >= 15 is 0 Å². The Kier molecular flexibility index (Phi) is 5.08. The average Bonchev–Trinajstić information content (AvgIpc) is 3.56. The van der Waals surface area contributed by atoms with Crippen molar-refractivity contribution in [1.29, 1.82) is 0 Å². The molecule has 0 fully saturated rings. The number of ether oxygens (including phenoxy) is 1. The van der Waals surface area contributed by atoms with Crippen LogP contribution in [-0.2, 0) is 5.41 Å². The van der Waals surface area contributed by atoms with E-state index < -0.39 is 0 Å². The molecule has 0 amide bonds. The molecule has 0 spiro atoms. The molecule has 0 atom stereocenters. The van der Waals surface area contributed by atoms with E-state index in [0.29, 0.717) is 0 Å². The highest BCUT2D eigenvalue weighted by atomic mass is 16.5. The van der Waals surface area contributed by atoms with Crippen LogP contribution in [0.25, 0.3) is 27.8 Å². The monoisotopic (exact) mass is 590 g/mol. The van der Waals surface area contributed by atoms with Gasteiger partial charge in [0, 0.05) is 33.4 Å². The van der Waals surface area contributed by atoms with Crippen molar-refractivity contribution < 1.29 is 4.74 Å². The Labute approximate surface area is 269 Å². The molecule has 6 aromatic carbocycles. The van der Waals surface area contributed by atoms with Crippen molar-refractivity contribution in [2.75, 3.05) is 4.90 Å². The molecule has 0 saturated carbocycles. The quantitative estimate of drug-likeness (QED) is 0.192. The molecule has 1 aromatic heterocycles. The predicted octanol–water partition coefficient (Wildman–Crippen LogP) is 8.65. The van der Waals surface area contributed by atoms with E-state index in [1.807, 2.05) is 0 Å². The third kappa shape index (κ3) is 3.23. The van der Waals surface area contributed by atoms with Crippen molar-refractivity contribution in [3.63, 3.8) is 0 Å². The normalized spacial score (nSPS) is 14.3. The number of fused-ring (bicyclic) bond motifs is 9. The minimum absolute atomic E-state index is 0.0786. The van der Waals surface area contributed by atoms with Gasteiger partial charge in [-0.3, -0.25) is 0 Å². The van der Waals surface area contributed by atoms with Gasteiger partial charge in [-0.05, 0) is 88.5 Å². The summed E-state index contributed by atoms with van der Waals surface area (Å²) in [6.07, 6.45) is 0. The molecule has 0 unspecified atom stereocenters. The Balaban J connectivity index is 1.41. The second-order valence-electron chi connectivity index (χ2n) is 13.4. The number of anilines is 3. The van der Waals surface area contributed by atoms with Gasteiger partial charge in [-0.25, -0.2) is 0 Å². The lowest BCUT2D eigenvalue weighted by molar-refractivity contribution is 0.487. The Morgan fingerprint density at radius 1 is 0.674 bits per heavy atom. The molecule has 0 N–H and O–H groups in total. The summed E-state index contributed by atoms with van der Waals surface area (Å²) >= 11 is 0. The highest BCUT2D eigenvalue weighted by molar-refractivity contribution is 6.99. The summed E-state index contributed by atoms with van der Waals surface area (Å²) in [6.45, 7) is 7.08. The van der Waals surface area contributed by atoms with Gasteiger partial charge in [0.05, 0.1) is 16.9 Å². The van der Waals surface area contributed by atoms with Crippen molar-refractivity contribution in [2.45, 2.75) is 26.2 Å². The van der Waals surface area contributed by atoms with E-state index in [1.165, 1.54) is 66.6 Å². The summed E-state index contributed by atoms with van der Waals surface area (Å²) in [4.78, 5) is 2.44. The van der Waals surface area contributed by atoms with Crippen molar-refractivity contribution in [1.82, 2.24) is 4.57 Å². The molecule has 0 bridgehead atoms. The van der Waals surface area contributed by atoms with Gasteiger partial charge in [-0.2, -0.15) is 0 Å². The molecule has 4 heteroatoms. The first-order valence-corrected chi connectivity index (χ1v) is 16.2. The number of aryl methyl sites for hydroxylation is 1. The van der Waals surface area contributed by atoms with Gasteiger partial charge in [0.2, 0.25) is 0 Å². The minimum atomic E-state index is -0.205. The Hall–Kier alpha value is -5.48. The SMILES string of the molecule is Cc1cc2c3c(c1)-n1c4c(c5c(N(c6ccccc6)c6ccccc6)ccc(c51)B3c1ccccc1O2)C(C)(C)c1ccccc1-4. The van der Waals surface area contributed by atoms with Crippen molar-refractivity contribution in [3.8, 4) is 28.4 Å². The van der Waals surface area contributed by atoms with Crippen molar-refractivity contribution in [2.24, 2.45) is 0 Å². The molecule has 0 radical (unpaired) electrons. The van der Waals surface area contributed by atoms with Gasteiger partial charge in [0.1, 0.15) is 11.5 Å². The second-order valence-corrected chi connectivity index (χ2v) is 13.4. The first kappa shape index (κ1) is 25.8. The summed E-state index contributed by atoms with van der Waals surface area (Å²) in [5, 5.41) is 1.32. The zero-order chi connectivity index (χ0) is 30.7. The van der Waals surface area contributed by atoms with E-state index in [-0.39, 0.29) is 12.1 Å². The Morgan fingerprint density at radius 3 is 2.11 bits per heavy atom. The van der Waals surface area contributed by atoms with Gasteiger partial charge in [0.15, 0.2) is 0 Å². The molecule has 3 nitrogen and oxygen atoms in total. The van der Waals surface area contributed by atoms with Crippen molar-refractivity contribution >= 4 is 51.1 Å². The van der Waals surface area contributed by atoms with E-state index in [4.69, 9.17) is 4.74 Å². The first-order valence-electron chi connectivity index (χ1n) is 16.2. The number of nitrogens with zero attached hydrogens (tertiary/aromatic N) is 2. The molecule has 10 rings (SSSR count). The van der Waals surface area contributed by atoms with E-state index in [9.17, 15) is 0 Å². The molecule has 3 heterocycles. The highest BCUT2D eigenvalue weighted by Crippen LogP contribution is 2.56. The van der Waals surface area contributed by atoms with Gasteiger partial charge in [-0.1, -0.05) is 98.8 Å². The van der Waals surface area contributed by atoms with Gasteiger partial charge < -0.3 is 14.2 Å². The summed E-state index contributed by atoms with van der Waals surface area (Å²) in [7, 11) is 0. The smallest absolute Gasteiger partial charge is 0.256 e. The fraction of sp³-hybridized carbons (Fsp3) is 0.0952. The van der Waals surface area contributed by atoms with Crippen LogP contribution in [-0.4, -0.2) is 11.3 Å². The number of para-hydroxylation sites is 3. The zero-order valence-electron chi connectivity index (χ0n) is 26.1. The molecule has 3 aliphatic rings. The zero-order valence-corrected chi connectivity index (χ0v) is 26.1. The van der Waals surface area contributed by atoms with Crippen LogP contribution in [0.3, 0.4) is 0 Å². The number of benzene rings is 6. The maximum absolute atomic E-state index is 6.68. The largest absolute Gasteiger partial charge is 0.458 e. The summed E-state index contributed by atoms with van der Waals surface area (Å²) < 4.78 is 9.27. The van der Waals surface area contributed by atoms with Crippen LogP contribution in [0.2, 0.25) is 0 Å². The number of rotatable bonds is 3. The minimum Gasteiger partial charge on any atom is -0.458 e. The van der Waals surface area contributed by atoms with E-state index in [2.05, 4.69) is 164 Å². The molecule has 1 aliphatic carbocycles.